The molecule has 0 saturated heterocycles. The van der Waals surface area contributed by atoms with Crippen LogP contribution < -0.4 is 15.5 Å². The molecule has 9 heteroatoms. The summed E-state index contributed by atoms with van der Waals surface area (Å²) in [5.74, 6) is 0.232. The van der Waals surface area contributed by atoms with Crippen molar-refractivity contribution < 1.29 is 9.18 Å². The first-order valence-electron chi connectivity index (χ1n) is 10.2. The van der Waals surface area contributed by atoms with Gasteiger partial charge in [-0.1, -0.05) is 13.8 Å². The number of nitrogens with one attached hydrogen (secondary N) is 2. The number of aromatic nitrogens is 4. The highest BCUT2D eigenvalue weighted by Gasteiger charge is 2.25. The van der Waals surface area contributed by atoms with Crippen molar-refractivity contribution in [1.29, 1.82) is 0 Å². The SMILES string of the molecule is CC(C)CCN(C)c1cc(NC2CC2)c2ncc(C(=O)Nc3ccncc3F)n2n1. The van der Waals surface area contributed by atoms with Crippen LogP contribution in [0.4, 0.5) is 21.6 Å². The molecule has 1 aliphatic carbocycles. The lowest BCUT2D eigenvalue weighted by Gasteiger charge is -2.20. The van der Waals surface area contributed by atoms with Crippen molar-refractivity contribution in [1.82, 2.24) is 19.6 Å². The van der Waals surface area contributed by atoms with Crippen LogP contribution in [0.2, 0.25) is 0 Å². The third-order valence-electron chi connectivity index (χ3n) is 5.08. The minimum absolute atomic E-state index is 0.0616. The summed E-state index contributed by atoms with van der Waals surface area (Å²) in [5, 5.41) is 10.7. The molecule has 0 aliphatic heterocycles. The second kappa shape index (κ2) is 8.25. The van der Waals surface area contributed by atoms with E-state index in [1.54, 1.807) is 0 Å². The second-order valence-electron chi connectivity index (χ2n) is 8.13. The number of carbonyl (C=O) groups is 1. The first kappa shape index (κ1) is 20.1. The standard InChI is InChI=1S/C21H26FN7O/c1-13(2)7-9-28(3)19-10-17(25-14-4-5-14)20-24-12-18(29(20)27-19)21(30)26-16-6-8-23-11-15(16)22/h6,8,10-14,25H,4-5,7,9H2,1-3H3,(H,23,26,30). The van der Waals surface area contributed by atoms with Gasteiger partial charge in [-0.3, -0.25) is 9.78 Å². The number of halogens is 1. The molecule has 0 unspecified atom stereocenters. The van der Waals surface area contributed by atoms with Crippen molar-refractivity contribution in [3.63, 3.8) is 0 Å². The first-order chi connectivity index (χ1) is 14.4. The molecule has 1 aliphatic rings. The number of carbonyl (C=O) groups excluding carboxylic acids is 1. The molecule has 0 spiro atoms. The van der Waals surface area contributed by atoms with Crippen LogP contribution in [0.5, 0.6) is 0 Å². The zero-order valence-corrected chi connectivity index (χ0v) is 17.4. The van der Waals surface area contributed by atoms with E-state index < -0.39 is 11.7 Å². The third-order valence-corrected chi connectivity index (χ3v) is 5.08. The molecule has 4 rings (SSSR count). The normalized spacial score (nSPS) is 13.6. The van der Waals surface area contributed by atoms with Gasteiger partial charge in [0.1, 0.15) is 0 Å². The summed E-state index contributed by atoms with van der Waals surface area (Å²) in [6.45, 7) is 5.21. The molecule has 3 aromatic rings. The molecule has 3 heterocycles. The Balaban J connectivity index is 1.69. The van der Waals surface area contributed by atoms with E-state index in [-0.39, 0.29) is 11.4 Å². The number of pyridine rings is 1. The lowest BCUT2D eigenvalue weighted by atomic mass is 10.1. The summed E-state index contributed by atoms with van der Waals surface area (Å²) in [4.78, 5) is 23.0. The van der Waals surface area contributed by atoms with Crippen LogP contribution in [0.1, 0.15) is 43.6 Å². The van der Waals surface area contributed by atoms with Gasteiger partial charge in [-0.05, 0) is 31.2 Å². The van der Waals surface area contributed by atoms with E-state index >= 15 is 0 Å². The Hall–Kier alpha value is -3.23. The number of nitrogens with zero attached hydrogens (tertiary/aromatic N) is 5. The van der Waals surface area contributed by atoms with Crippen LogP contribution in [-0.2, 0) is 0 Å². The van der Waals surface area contributed by atoms with Gasteiger partial charge in [0, 0.05) is 31.9 Å². The van der Waals surface area contributed by atoms with Crippen molar-refractivity contribution in [3.05, 3.63) is 42.2 Å². The zero-order valence-electron chi connectivity index (χ0n) is 17.4. The molecule has 30 heavy (non-hydrogen) atoms. The van der Waals surface area contributed by atoms with Gasteiger partial charge in [-0.15, -0.1) is 5.10 Å². The number of imidazole rings is 1. The van der Waals surface area contributed by atoms with Crippen molar-refractivity contribution >= 4 is 28.7 Å². The van der Waals surface area contributed by atoms with E-state index in [1.807, 2.05) is 13.1 Å². The summed E-state index contributed by atoms with van der Waals surface area (Å²) in [5.41, 5.74) is 1.71. The molecule has 8 nitrogen and oxygen atoms in total. The summed E-state index contributed by atoms with van der Waals surface area (Å²) in [6.07, 6.45) is 7.20. The number of fused-ring (bicyclic) bond motifs is 1. The molecule has 1 saturated carbocycles. The molecule has 0 atom stereocenters. The maximum absolute atomic E-state index is 13.9. The van der Waals surface area contributed by atoms with Crippen LogP contribution in [0.15, 0.2) is 30.7 Å². The first-order valence-corrected chi connectivity index (χ1v) is 10.2. The quantitative estimate of drug-likeness (QED) is 0.589. The summed E-state index contributed by atoms with van der Waals surface area (Å²) < 4.78 is 15.4. The Kier molecular flexibility index (Phi) is 5.52. The number of rotatable bonds is 8. The Morgan fingerprint density at radius 1 is 1.33 bits per heavy atom. The van der Waals surface area contributed by atoms with E-state index in [2.05, 4.69) is 44.4 Å². The van der Waals surface area contributed by atoms with Gasteiger partial charge in [0.25, 0.3) is 5.91 Å². The van der Waals surface area contributed by atoms with Crippen LogP contribution in [0.25, 0.3) is 5.65 Å². The lowest BCUT2D eigenvalue weighted by Crippen LogP contribution is -2.23. The third kappa shape index (κ3) is 4.34. The van der Waals surface area contributed by atoms with Gasteiger partial charge in [-0.2, -0.15) is 0 Å². The lowest BCUT2D eigenvalue weighted by molar-refractivity contribution is 0.102. The highest BCUT2D eigenvalue weighted by molar-refractivity contribution is 6.03. The summed E-state index contributed by atoms with van der Waals surface area (Å²) in [6, 6.07) is 3.81. The monoisotopic (exact) mass is 411 g/mol. The molecule has 0 bridgehead atoms. The fourth-order valence-corrected chi connectivity index (χ4v) is 3.08. The fraction of sp³-hybridized carbons (Fsp3) is 0.429. The molecular formula is C21H26FN7O. The molecule has 0 aromatic carbocycles. The van der Waals surface area contributed by atoms with Crippen LogP contribution in [0, 0.1) is 11.7 Å². The highest BCUT2D eigenvalue weighted by Crippen LogP contribution is 2.29. The fourth-order valence-electron chi connectivity index (χ4n) is 3.08. The Morgan fingerprint density at radius 2 is 2.13 bits per heavy atom. The minimum Gasteiger partial charge on any atom is -0.379 e. The van der Waals surface area contributed by atoms with Crippen molar-refractivity contribution in [2.75, 3.05) is 29.1 Å². The Bertz CT molecular complexity index is 1060. The van der Waals surface area contributed by atoms with Crippen LogP contribution in [-0.4, -0.2) is 45.1 Å². The van der Waals surface area contributed by atoms with E-state index in [0.717, 1.165) is 43.5 Å². The summed E-state index contributed by atoms with van der Waals surface area (Å²) >= 11 is 0. The average Bonchev–Trinajstić information content (AvgIpc) is 3.42. The molecular weight excluding hydrogens is 385 g/mol. The van der Waals surface area contributed by atoms with Gasteiger partial charge in [-0.25, -0.2) is 13.9 Å². The molecule has 158 valence electrons. The van der Waals surface area contributed by atoms with Gasteiger partial charge in [0.2, 0.25) is 0 Å². The van der Waals surface area contributed by atoms with E-state index in [0.29, 0.717) is 17.6 Å². The zero-order chi connectivity index (χ0) is 21.3. The molecule has 0 radical (unpaired) electrons. The maximum Gasteiger partial charge on any atom is 0.276 e. The molecule has 1 amide bonds. The molecule has 2 N–H and O–H groups in total. The maximum atomic E-state index is 13.9. The van der Waals surface area contributed by atoms with Crippen LogP contribution >= 0.6 is 0 Å². The number of hydrogen-bond acceptors (Lipinski definition) is 6. The van der Waals surface area contributed by atoms with E-state index in [4.69, 9.17) is 0 Å². The Morgan fingerprint density at radius 3 is 2.83 bits per heavy atom. The average molecular weight is 411 g/mol. The van der Waals surface area contributed by atoms with Gasteiger partial charge in [0.05, 0.1) is 23.8 Å². The number of anilines is 3. The summed E-state index contributed by atoms with van der Waals surface area (Å²) in [7, 11) is 1.99. The van der Waals surface area contributed by atoms with Gasteiger partial charge < -0.3 is 15.5 Å². The van der Waals surface area contributed by atoms with E-state index in [1.165, 1.54) is 23.0 Å². The van der Waals surface area contributed by atoms with Crippen LogP contribution in [0.3, 0.4) is 0 Å². The van der Waals surface area contributed by atoms with E-state index in [9.17, 15) is 9.18 Å². The number of amides is 1. The second-order valence-corrected chi connectivity index (χ2v) is 8.13. The van der Waals surface area contributed by atoms with Crippen molar-refractivity contribution in [3.8, 4) is 0 Å². The predicted molar refractivity (Wildman–Crippen MR) is 115 cm³/mol. The number of hydrogen-bond donors (Lipinski definition) is 2. The molecule has 3 aromatic heterocycles. The van der Waals surface area contributed by atoms with Gasteiger partial charge in [0.15, 0.2) is 23.0 Å². The Labute approximate surface area is 174 Å². The van der Waals surface area contributed by atoms with Gasteiger partial charge >= 0.3 is 0 Å². The molecule has 1 fully saturated rings. The minimum atomic E-state index is -0.599. The van der Waals surface area contributed by atoms with Crippen molar-refractivity contribution in [2.24, 2.45) is 5.92 Å². The smallest absolute Gasteiger partial charge is 0.276 e. The van der Waals surface area contributed by atoms with Crippen molar-refractivity contribution in [2.45, 2.75) is 39.2 Å². The largest absolute Gasteiger partial charge is 0.379 e. The predicted octanol–water partition coefficient (Wildman–Crippen LogP) is 3.57. The topological polar surface area (TPSA) is 87.5 Å². The highest BCUT2D eigenvalue weighted by atomic mass is 19.1.